The summed E-state index contributed by atoms with van der Waals surface area (Å²) < 4.78 is 4.11. The van der Waals surface area contributed by atoms with E-state index >= 15 is 0 Å². The molecule has 6 nitrogen and oxygen atoms in total. The lowest BCUT2D eigenvalue weighted by atomic mass is 10.7. The number of hydrogen-bond acceptors (Lipinski definition) is 4. The Balaban J connectivity index is 2.67. The normalized spacial score (nSPS) is 9.20. The molecule has 2 N–H and O–H groups in total. The predicted octanol–water partition coefficient (Wildman–Crippen LogP) is 0.177. The third-order valence-electron chi connectivity index (χ3n) is 0.751. The number of carboxylic acid groups (broad SMARTS) is 1. The maximum Gasteiger partial charge on any atom is 0.511 e. The summed E-state index contributed by atoms with van der Waals surface area (Å²) in [6, 6.07) is 0. The summed E-state index contributed by atoms with van der Waals surface area (Å²) in [5, 5.41) is 19.8. The van der Waals surface area contributed by atoms with Gasteiger partial charge in [0.15, 0.2) is 5.75 Å². The van der Waals surface area contributed by atoms with Crippen molar-refractivity contribution in [1.29, 1.82) is 0 Å². The molecule has 0 aromatic carbocycles. The number of nitrogens with zero attached hydrogens (tertiary/aromatic N) is 2. The van der Waals surface area contributed by atoms with E-state index in [1.54, 1.807) is 0 Å². The minimum atomic E-state index is -1.44. The lowest BCUT2D eigenvalue weighted by molar-refractivity contribution is 0.140. The van der Waals surface area contributed by atoms with Crippen LogP contribution < -0.4 is 4.74 Å². The second-order valence-electron chi connectivity index (χ2n) is 1.46. The van der Waals surface area contributed by atoms with Crippen LogP contribution in [0, 0.1) is 0 Å². The highest BCUT2D eigenvalue weighted by Gasteiger charge is 2.01. The van der Waals surface area contributed by atoms with Gasteiger partial charge in [0, 0.05) is 0 Å². The van der Waals surface area contributed by atoms with Gasteiger partial charge in [0.05, 0.1) is 6.20 Å². The Hall–Kier alpha value is -1.72. The van der Waals surface area contributed by atoms with Gasteiger partial charge < -0.3 is 15.1 Å². The zero-order valence-corrected chi connectivity index (χ0v) is 4.76. The van der Waals surface area contributed by atoms with Gasteiger partial charge in [-0.2, -0.15) is 0 Å². The first-order valence-electron chi connectivity index (χ1n) is 2.33. The van der Waals surface area contributed by atoms with Crippen LogP contribution in [-0.4, -0.2) is 26.4 Å². The highest BCUT2D eigenvalue weighted by molar-refractivity contribution is 5.60. The maximum absolute atomic E-state index is 9.84. The summed E-state index contributed by atoms with van der Waals surface area (Å²) in [5.74, 6) is -0.0185. The van der Waals surface area contributed by atoms with Crippen LogP contribution in [0.1, 0.15) is 0 Å². The van der Waals surface area contributed by atoms with Crippen molar-refractivity contribution < 1.29 is 19.8 Å². The average molecular weight is 144 g/mol. The molecule has 0 saturated heterocycles. The molecule has 0 aliphatic carbocycles. The first-order valence-corrected chi connectivity index (χ1v) is 2.33. The first kappa shape index (κ1) is 6.40. The van der Waals surface area contributed by atoms with Gasteiger partial charge in [-0.3, -0.25) is 0 Å². The van der Waals surface area contributed by atoms with Crippen molar-refractivity contribution in [2.45, 2.75) is 0 Å². The van der Waals surface area contributed by atoms with E-state index in [2.05, 4.69) is 9.84 Å². The van der Waals surface area contributed by atoms with E-state index in [4.69, 9.17) is 10.3 Å². The fourth-order valence-electron chi connectivity index (χ4n) is 0.450. The minimum Gasteiger partial charge on any atom is -0.449 e. The van der Waals surface area contributed by atoms with Crippen LogP contribution in [0.25, 0.3) is 0 Å². The molecule has 1 rings (SSSR count). The fourth-order valence-corrected chi connectivity index (χ4v) is 0.450. The van der Waals surface area contributed by atoms with Gasteiger partial charge >= 0.3 is 6.16 Å². The van der Waals surface area contributed by atoms with Crippen LogP contribution in [0.4, 0.5) is 4.79 Å². The number of ether oxygens (including phenoxy) is 1. The second kappa shape index (κ2) is 2.26. The van der Waals surface area contributed by atoms with E-state index in [-0.39, 0.29) is 5.75 Å². The molecule has 0 radical (unpaired) electrons. The Morgan fingerprint density at radius 1 is 1.80 bits per heavy atom. The molecular formula is C4H4N2O4. The van der Waals surface area contributed by atoms with Crippen LogP contribution in [0.3, 0.4) is 0 Å². The van der Waals surface area contributed by atoms with E-state index in [0.29, 0.717) is 4.85 Å². The van der Waals surface area contributed by atoms with Crippen molar-refractivity contribution in [2.75, 3.05) is 0 Å². The minimum absolute atomic E-state index is 0.0185. The molecule has 10 heavy (non-hydrogen) atoms. The van der Waals surface area contributed by atoms with Crippen LogP contribution in [0.2, 0.25) is 0 Å². The Morgan fingerprint density at radius 3 is 2.90 bits per heavy atom. The van der Waals surface area contributed by atoms with Gasteiger partial charge in [0.2, 0.25) is 0 Å². The first-order chi connectivity index (χ1) is 4.68. The van der Waals surface area contributed by atoms with Crippen molar-refractivity contribution >= 4 is 6.16 Å². The Bertz CT molecular complexity index is 243. The smallest absolute Gasteiger partial charge is 0.449 e. The Kier molecular flexibility index (Phi) is 1.44. The molecule has 0 amide bonds. The molecule has 6 heteroatoms. The maximum atomic E-state index is 9.84. The molecule has 0 spiro atoms. The fraction of sp³-hybridized carbons (Fsp3) is 0. The van der Waals surface area contributed by atoms with E-state index in [1.807, 2.05) is 0 Å². The third-order valence-corrected chi connectivity index (χ3v) is 0.751. The molecule has 0 unspecified atom stereocenters. The lowest BCUT2D eigenvalue weighted by Gasteiger charge is -1.89. The zero-order chi connectivity index (χ0) is 7.56. The van der Waals surface area contributed by atoms with Crippen molar-refractivity contribution in [3.63, 3.8) is 0 Å². The van der Waals surface area contributed by atoms with E-state index in [9.17, 15) is 4.79 Å². The topological polar surface area (TPSA) is 84.6 Å². The van der Waals surface area contributed by atoms with Crippen LogP contribution >= 0.6 is 0 Å². The van der Waals surface area contributed by atoms with Gasteiger partial charge in [-0.15, -0.1) is 9.94 Å². The zero-order valence-electron chi connectivity index (χ0n) is 4.76. The largest absolute Gasteiger partial charge is 0.511 e. The Morgan fingerprint density at radius 2 is 2.50 bits per heavy atom. The summed E-state index contributed by atoms with van der Waals surface area (Å²) in [6.07, 6.45) is 0.662. The van der Waals surface area contributed by atoms with Crippen LogP contribution in [0.15, 0.2) is 12.4 Å². The lowest BCUT2D eigenvalue weighted by Crippen LogP contribution is -2.01. The molecule has 1 aromatic rings. The third kappa shape index (κ3) is 1.38. The molecule has 54 valence electrons. The van der Waals surface area contributed by atoms with E-state index in [1.165, 1.54) is 0 Å². The average Bonchev–Trinajstić information content (AvgIpc) is 2.13. The molecule has 0 aliphatic rings. The van der Waals surface area contributed by atoms with Crippen molar-refractivity contribution in [3.05, 3.63) is 12.4 Å². The van der Waals surface area contributed by atoms with Gasteiger partial charge in [0.1, 0.15) is 6.20 Å². The van der Waals surface area contributed by atoms with Crippen molar-refractivity contribution in [1.82, 2.24) is 9.94 Å². The Labute approximate surface area is 55.2 Å². The molecule has 0 atom stereocenters. The number of rotatable bonds is 1. The van der Waals surface area contributed by atoms with Gasteiger partial charge in [-0.1, -0.05) is 0 Å². The molecular weight excluding hydrogens is 140 g/mol. The van der Waals surface area contributed by atoms with E-state index < -0.39 is 6.16 Å². The SMILES string of the molecule is O=C(O)Oc1cnn(O)c1. The second-order valence-corrected chi connectivity index (χ2v) is 1.46. The van der Waals surface area contributed by atoms with Crippen LogP contribution in [-0.2, 0) is 0 Å². The summed E-state index contributed by atoms with van der Waals surface area (Å²) in [4.78, 5) is 10.3. The molecule has 0 aliphatic heterocycles. The quantitative estimate of drug-likeness (QED) is 0.433. The number of aromatic nitrogens is 2. The van der Waals surface area contributed by atoms with Gasteiger partial charge in [-0.25, -0.2) is 4.79 Å². The number of hydrogen-bond donors (Lipinski definition) is 2. The van der Waals surface area contributed by atoms with Crippen molar-refractivity contribution in [3.8, 4) is 5.75 Å². The summed E-state index contributed by atoms with van der Waals surface area (Å²) in [5.41, 5.74) is 0. The monoisotopic (exact) mass is 144 g/mol. The molecule has 0 saturated carbocycles. The highest BCUT2D eigenvalue weighted by Crippen LogP contribution is 2.05. The predicted molar refractivity (Wildman–Crippen MR) is 28.1 cm³/mol. The summed E-state index contributed by atoms with van der Waals surface area (Å²) in [6.45, 7) is 0. The molecule has 1 heterocycles. The molecule has 1 aromatic heterocycles. The standard InChI is InChI=1S/C4H4N2O4/c7-4(8)10-3-1-5-6(9)2-3/h1-2,9H,(H,7,8). The highest BCUT2D eigenvalue weighted by atomic mass is 16.7. The summed E-state index contributed by atoms with van der Waals surface area (Å²) >= 11 is 0. The van der Waals surface area contributed by atoms with Gasteiger partial charge in [-0.05, 0) is 0 Å². The van der Waals surface area contributed by atoms with Crippen LogP contribution in [0.5, 0.6) is 5.75 Å². The van der Waals surface area contributed by atoms with Crippen molar-refractivity contribution in [2.24, 2.45) is 0 Å². The molecule has 0 bridgehead atoms. The van der Waals surface area contributed by atoms with E-state index in [0.717, 1.165) is 12.4 Å². The summed E-state index contributed by atoms with van der Waals surface area (Å²) in [7, 11) is 0. The number of carbonyl (C=O) groups is 1. The van der Waals surface area contributed by atoms with Gasteiger partial charge in [0.25, 0.3) is 0 Å². The molecule has 0 fully saturated rings.